The Balaban J connectivity index is 1.41. The summed E-state index contributed by atoms with van der Waals surface area (Å²) in [5, 5.41) is 11.1. The van der Waals surface area contributed by atoms with Crippen LogP contribution in [0.25, 0.3) is 0 Å². The van der Waals surface area contributed by atoms with Crippen molar-refractivity contribution in [3.63, 3.8) is 0 Å². The molecular weight excluding hydrogens is 398 g/mol. The Morgan fingerprint density at radius 3 is 2.09 bits per heavy atom. The molecule has 3 aromatic carbocycles. The highest BCUT2D eigenvalue weighted by molar-refractivity contribution is 5.93. The van der Waals surface area contributed by atoms with E-state index in [1.165, 1.54) is 5.56 Å². The molecule has 1 fully saturated rings. The van der Waals surface area contributed by atoms with Crippen LogP contribution in [0.3, 0.4) is 0 Å². The Morgan fingerprint density at radius 1 is 0.906 bits per heavy atom. The number of likely N-dealkylation sites (tertiary alicyclic amines) is 1. The van der Waals surface area contributed by atoms with Gasteiger partial charge in [-0.25, -0.2) is 0 Å². The first-order chi connectivity index (χ1) is 15.5. The van der Waals surface area contributed by atoms with Gasteiger partial charge in [-0.15, -0.1) is 0 Å². The molecule has 3 N–H and O–H groups in total. The van der Waals surface area contributed by atoms with Gasteiger partial charge in [0.1, 0.15) is 0 Å². The third-order valence-corrected chi connectivity index (χ3v) is 6.41. The molecule has 0 unspecified atom stereocenters. The lowest BCUT2D eigenvalue weighted by atomic mass is 9.84. The van der Waals surface area contributed by atoms with Crippen LogP contribution in [0.15, 0.2) is 84.9 Å². The number of anilines is 1. The van der Waals surface area contributed by atoms with Crippen LogP contribution in [0.2, 0.25) is 0 Å². The number of nitrogens with two attached hydrogens (primary N) is 1. The highest BCUT2D eigenvalue weighted by atomic mass is 16.3. The monoisotopic (exact) mass is 429 g/mol. The second-order valence-electron chi connectivity index (χ2n) is 8.56. The number of amides is 1. The lowest BCUT2D eigenvalue weighted by molar-refractivity contribution is -0.0252. The van der Waals surface area contributed by atoms with Gasteiger partial charge in [0.25, 0.3) is 0 Å². The van der Waals surface area contributed by atoms with E-state index in [9.17, 15) is 9.90 Å². The quantitative estimate of drug-likeness (QED) is 0.572. The molecule has 5 nitrogen and oxygen atoms in total. The second-order valence-corrected chi connectivity index (χ2v) is 8.56. The fraction of sp³-hybridized carbons (Fsp3) is 0.296. The molecule has 0 aliphatic carbocycles. The number of benzene rings is 3. The summed E-state index contributed by atoms with van der Waals surface area (Å²) in [6.07, 6.45) is 1.48. The van der Waals surface area contributed by atoms with Gasteiger partial charge in [-0.05, 0) is 48.2 Å². The van der Waals surface area contributed by atoms with Gasteiger partial charge in [-0.1, -0.05) is 60.7 Å². The van der Waals surface area contributed by atoms with Crippen LogP contribution in [-0.2, 0) is 12.1 Å². The van der Waals surface area contributed by atoms with Crippen molar-refractivity contribution < 1.29 is 9.90 Å². The first-order valence-corrected chi connectivity index (χ1v) is 11.2. The topological polar surface area (TPSA) is 69.8 Å². The van der Waals surface area contributed by atoms with Crippen LogP contribution in [0, 0.1) is 0 Å². The number of nitrogens with zero attached hydrogens (tertiary/aromatic N) is 2. The van der Waals surface area contributed by atoms with Crippen molar-refractivity contribution in [3.05, 3.63) is 102 Å². The summed E-state index contributed by atoms with van der Waals surface area (Å²) in [6, 6.07) is 27.9. The molecule has 3 aromatic rings. The van der Waals surface area contributed by atoms with Gasteiger partial charge in [0.2, 0.25) is 5.91 Å². The molecule has 1 heterocycles. The van der Waals surface area contributed by atoms with Crippen LogP contribution in [0.1, 0.15) is 34.3 Å². The van der Waals surface area contributed by atoms with Crippen LogP contribution in [-0.4, -0.2) is 42.1 Å². The predicted octanol–water partition coefficient (Wildman–Crippen LogP) is 3.78. The molecule has 0 bridgehead atoms. The Bertz CT molecular complexity index is 998. The molecule has 1 amide bonds. The van der Waals surface area contributed by atoms with Crippen LogP contribution >= 0.6 is 0 Å². The van der Waals surface area contributed by atoms with E-state index in [4.69, 9.17) is 5.73 Å². The van der Waals surface area contributed by atoms with Crippen LogP contribution < -0.4 is 10.6 Å². The lowest BCUT2D eigenvalue weighted by Gasteiger charge is -2.39. The number of carbonyl (C=O) groups is 1. The molecule has 1 aliphatic rings. The van der Waals surface area contributed by atoms with Gasteiger partial charge >= 0.3 is 0 Å². The Kier molecular flexibility index (Phi) is 6.88. The summed E-state index contributed by atoms with van der Waals surface area (Å²) < 4.78 is 0. The maximum atomic E-state index is 11.4. The van der Waals surface area contributed by atoms with E-state index >= 15 is 0 Å². The lowest BCUT2D eigenvalue weighted by Crippen LogP contribution is -2.45. The number of aliphatic hydroxyl groups is 1. The number of rotatable bonds is 8. The molecule has 5 heteroatoms. The number of carbonyl (C=O) groups excluding carboxylic acids is 1. The van der Waals surface area contributed by atoms with E-state index in [0.29, 0.717) is 5.56 Å². The zero-order valence-electron chi connectivity index (χ0n) is 18.4. The first-order valence-electron chi connectivity index (χ1n) is 11.2. The molecule has 0 atom stereocenters. The minimum absolute atomic E-state index is 0.412. The molecule has 4 rings (SSSR count). The fourth-order valence-electron chi connectivity index (χ4n) is 4.39. The zero-order valence-corrected chi connectivity index (χ0v) is 18.4. The predicted molar refractivity (Wildman–Crippen MR) is 128 cm³/mol. The van der Waals surface area contributed by atoms with E-state index in [1.54, 1.807) is 12.1 Å². The number of primary amides is 1. The van der Waals surface area contributed by atoms with E-state index in [0.717, 1.165) is 56.8 Å². The second kappa shape index (κ2) is 9.98. The third-order valence-electron chi connectivity index (χ3n) is 6.41. The average Bonchev–Trinajstić information content (AvgIpc) is 2.84. The molecule has 1 saturated heterocycles. The minimum atomic E-state index is -0.730. The minimum Gasteiger partial charge on any atom is -0.385 e. The maximum Gasteiger partial charge on any atom is 0.248 e. The van der Waals surface area contributed by atoms with Gasteiger partial charge in [0.05, 0.1) is 5.60 Å². The van der Waals surface area contributed by atoms with Gasteiger partial charge in [-0.2, -0.15) is 0 Å². The van der Waals surface area contributed by atoms with Crippen LogP contribution in [0.4, 0.5) is 5.69 Å². The Hall–Kier alpha value is -3.15. The summed E-state index contributed by atoms with van der Waals surface area (Å²) in [4.78, 5) is 16.2. The largest absolute Gasteiger partial charge is 0.385 e. The zero-order chi connectivity index (χ0) is 22.4. The van der Waals surface area contributed by atoms with Gasteiger partial charge in [0, 0.05) is 44.0 Å². The first kappa shape index (κ1) is 22.1. The van der Waals surface area contributed by atoms with Crippen LogP contribution in [0.5, 0.6) is 0 Å². The molecular formula is C27H31N3O2. The molecule has 0 spiro atoms. The van der Waals surface area contributed by atoms with Crippen molar-refractivity contribution in [2.45, 2.75) is 25.0 Å². The standard InChI is InChI=1S/C27H31N3O2/c28-26(31)23-11-13-25(14-12-23)30(21-22-7-3-1-4-8-22)20-19-29-17-15-27(32,16-18-29)24-9-5-2-6-10-24/h1-14,32H,15-21H2,(H2,28,31). The third kappa shape index (κ3) is 5.36. The van der Waals surface area contributed by atoms with E-state index in [-0.39, 0.29) is 0 Å². The normalized spacial score (nSPS) is 15.9. The average molecular weight is 430 g/mol. The molecule has 0 radical (unpaired) electrons. The van der Waals surface area contributed by atoms with Crippen molar-refractivity contribution in [2.24, 2.45) is 5.73 Å². The number of piperidine rings is 1. The summed E-state index contributed by atoms with van der Waals surface area (Å²) in [6.45, 7) is 4.29. The Labute approximate surface area is 190 Å². The van der Waals surface area contributed by atoms with Crippen molar-refractivity contribution in [3.8, 4) is 0 Å². The highest BCUT2D eigenvalue weighted by Gasteiger charge is 2.33. The van der Waals surface area contributed by atoms with Crippen molar-refractivity contribution in [1.29, 1.82) is 0 Å². The smallest absolute Gasteiger partial charge is 0.248 e. The van der Waals surface area contributed by atoms with Gasteiger partial charge in [-0.3, -0.25) is 4.79 Å². The van der Waals surface area contributed by atoms with Gasteiger partial charge in [0.15, 0.2) is 0 Å². The summed E-state index contributed by atoms with van der Waals surface area (Å²) in [7, 11) is 0. The molecule has 0 aromatic heterocycles. The summed E-state index contributed by atoms with van der Waals surface area (Å²) in [5.41, 5.74) is 8.51. The highest BCUT2D eigenvalue weighted by Crippen LogP contribution is 2.32. The van der Waals surface area contributed by atoms with Crippen molar-refractivity contribution in [2.75, 3.05) is 31.1 Å². The number of hydrogen-bond acceptors (Lipinski definition) is 4. The molecule has 0 saturated carbocycles. The fourth-order valence-corrected chi connectivity index (χ4v) is 4.39. The number of hydrogen-bond donors (Lipinski definition) is 2. The molecule has 32 heavy (non-hydrogen) atoms. The van der Waals surface area contributed by atoms with E-state index < -0.39 is 11.5 Å². The van der Waals surface area contributed by atoms with Crippen molar-refractivity contribution >= 4 is 11.6 Å². The SMILES string of the molecule is NC(=O)c1ccc(N(CCN2CCC(O)(c3ccccc3)CC2)Cc2ccccc2)cc1. The summed E-state index contributed by atoms with van der Waals surface area (Å²) in [5.74, 6) is -0.412. The van der Waals surface area contributed by atoms with Gasteiger partial charge < -0.3 is 20.6 Å². The van der Waals surface area contributed by atoms with Crippen molar-refractivity contribution in [1.82, 2.24) is 4.90 Å². The maximum absolute atomic E-state index is 11.4. The summed E-state index contributed by atoms with van der Waals surface area (Å²) >= 11 is 0. The van der Waals surface area contributed by atoms with E-state index in [1.807, 2.05) is 48.5 Å². The molecule has 1 aliphatic heterocycles. The Morgan fingerprint density at radius 2 is 1.50 bits per heavy atom. The van der Waals surface area contributed by atoms with E-state index in [2.05, 4.69) is 34.1 Å². The molecule has 166 valence electrons.